The van der Waals surface area contributed by atoms with Crippen molar-refractivity contribution in [2.75, 3.05) is 5.32 Å². The number of thiophene rings is 1. The second-order valence-electron chi connectivity index (χ2n) is 5.86. The summed E-state index contributed by atoms with van der Waals surface area (Å²) < 4.78 is 5.20. The first kappa shape index (κ1) is 17.5. The Bertz CT molecular complexity index is 578. The van der Waals surface area contributed by atoms with Crippen molar-refractivity contribution in [2.24, 2.45) is 11.7 Å². The zero-order valence-electron chi connectivity index (χ0n) is 13.2. The van der Waals surface area contributed by atoms with E-state index in [0.29, 0.717) is 17.3 Å². The van der Waals surface area contributed by atoms with Crippen molar-refractivity contribution in [2.45, 2.75) is 51.6 Å². The standard InChI is InChI=1S/C16H22N2O4S/c1-10(22-13(19)9-11-5-3-2-4-6-11)15(21)18-16-12(14(17)20)7-8-23-16/h7-8,10-11H,2-6,9H2,1H3,(H2,17,20)(H,18,21)/t10-/m1/s1. The molecule has 7 heteroatoms. The number of ether oxygens (including phenoxy) is 1. The quantitative estimate of drug-likeness (QED) is 0.779. The predicted octanol–water partition coefficient (Wildman–Crippen LogP) is 2.69. The van der Waals surface area contributed by atoms with E-state index in [-0.39, 0.29) is 11.5 Å². The predicted molar refractivity (Wildman–Crippen MR) is 88.2 cm³/mol. The van der Waals surface area contributed by atoms with Crippen LogP contribution in [0.1, 0.15) is 55.8 Å². The monoisotopic (exact) mass is 338 g/mol. The number of hydrogen-bond acceptors (Lipinski definition) is 5. The van der Waals surface area contributed by atoms with E-state index in [1.165, 1.54) is 24.7 Å². The van der Waals surface area contributed by atoms with E-state index in [4.69, 9.17) is 10.5 Å². The number of amides is 2. The topological polar surface area (TPSA) is 98.5 Å². The molecule has 1 saturated carbocycles. The highest BCUT2D eigenvalue weighted by molar-refractivity contribution is 7.14. The molecule has 0 unspecified atom stereocenters. The van der Waals surface area contributed by atoms with Crippen LogP contribution in [0, 0.1) is 5.92 Å². The molecule has 2 rings (SSSR count). The summed E-state index contributed by atoms with van der Waals surface area (Å²) >= 11 is 1.20. The third-order valence-electron chi connectivity index (χ3n) is 4.02. The Kier molecular flexibility index (Phi) is 6.15. The molecule has 0 saturated heterocycles. The van der Waals surface area contributed by atoms with Crippen LogP contribution in [0.4, 0.5) is 5.00 Å². The van der Waals surface area contributed by atoms with E-state index in [1.807, 2.05) is 0 Å². The van der Waals surface area contributed by atoms with Gasteiger partial charge in [-0.25, -0.2) is 0 Å². The fourth-order valence-corrected chi connectivity index (χ4v) is 3.53. The van der Waals surface area contributed by atoms with Gasteiger partial charge >= 0.3 is 5.97 Å². The number of primary amides is 1. The van der Waals surface area contributed by atoms with Crippen LogP contribution in [0.2, 0.25) is 0 Å². The zero-order valence-corrected chi connectivity index (χ0v) is 14.0. The van der Waals surface area contributed by atoms with Gasteiger partial charge < -0.3 is 15.8 Å². The van der Waals surface area contributed by atoms with Crippen molar-refractivity contribution in [3.63, 3.8) is 0 Å². The minimum atomic E-state index is -0.908. The first-order valence-electron chi connectivity index (χ1n) is 7.85. The molecule has 0 aromatic carbocycles. The molecule has 0 bridgehead atoms. The van der Waals surface area contributed by atoms with Crippen LogP contribution >= 0.6 is 11.3 Å². The Hall–Kier alpha value is -1.89. The van der Waals surface area contributed by atoms with Gasteiger partial charge in [-0.3, -0.25) is 14.4 Å². The molecule has 1 heterocycles. The number of carbonyl (C=O) groups is 3. The Morgan fingerprint density at radius 2 is 2.04 bits per heavy atom. The third-order valence-corrected chi connectivity index (χ3v) is 4.85. The van der Waals surface area contributed by atoms with E-state index < -0.39 is 17.9 Å². The Labute approximate surface area is 139 Å². The van der Waals surface area contributed by atoms with Gasteiger partial charge in [0.2, 0.25) is 0 Å². The van der Waals surface area contributed by atoms with Crippen molar-refractivity contribution >= 4 is 34.1 Å². The second-order valence-corrected chi connectivity index (χ2v) is 6.77. The number of anilines is 1. The molecule has 3 N–H and O–H groups in total. The third kappa shape index (κ3) is 5.06. The van der Waals surface area contributed by atoms with Crippen molar-refractivity contribution in [1.29, 1.82) is 0 Å². The summed E-state index contributed by atoms with van der Waals surface area (Å²) in [7, 11) is 0. The molecule has 2 amide bonds. The number of nitrogens with one attached hydrogen (secondary N) is 1. The summed E-state index contributed by atoms with van der Waals surface area (Å²) in [5, 5.41) is 4.62. The number of hydrogen-bond donors (Lipinski definition) is 2. The summed E-state index contributed by atoms with van der Waals surface area (Å²) in [4.78, 5) is 35.2. The fraction of sp³-hybridized carbons (Fsp3) is 0.562. The highest BCUT2D eigenvalue weighted by atomic mass is 32.1. The zero-order chi connectivity index (χ0) is 16.8. The second kappa shape index (κ2) is 8.10. The Balaban J connectivity index is 1.83. The maximum atomic E-state index is 12.1. The van der Waals surface area contributed by atoms with E-state index in [9.17, 15) is 14.4 Å². The van der Waals surface area contributed by atoms with Crippen LogP contribution in [-0.4, -0.2) is 23.9 Å². The molecule has 1 fully saturated rings. The summed E-state index contributed by atoms with van der Waals surface area (Å²) in [5.41, 5.74) is 5.48. The van der Waals surface area contributed by atoms with Gasteiger partial charge in [-0.15, -0.1) is 11.3 Å². The smallest absolute Gasteiger partial charge is 0.306 e. The lowest BCUT2D eigenvalue weighted by molar-refractivity contribution is -0.154. The lowest BCUT2D eigenvalue weighted by atomic mass is 9.87. The van der Waals surface area contributed by atoms with Gasteiger partial charge in [0.15, 0.2) is 6.10 Å². The van der Waals surface area contributed by atoms with E-state index in [0.717, 1.165) is 25.7 Å². The fourth-order valence-electron chi connectivity index (χ4n) is 2.74. The molecule has 1 aromatic heterocycles. The molecule has 6 nitrogen and oxygen atoms in total. The largest absolute Gasteiger partial charge is 0.453 e. The molecule has 1 aliphatic carbocycles. The van der Waals surface area contributed by atoms with Gasteiger partial charge in [0.05, 0.1) is 5.56 Å². The van der Waals surface area contributed by atoms with E-state index in [2.05, 4.69) is 5.32 Å². The molecule has 0 aliphatic heterocycles. The lowest BCUT2D eigenvalue weighted by Crippen LogP contribution is -2.31. The number of carbonyl (C=O) groups excluding carboxylic acids is 3. The van der Waals surface area contributed by atoms with Crippen LogP contribution in [0.5, 0.6) is 0 Å². The van der Waals surface area contributed by atoms with Crippen molar-refractivity contribution in [3.8, 4) is 0 Å². The van der Waals surface area contributed by atoms with Crippen LogP contribution in [0.25, 0.3) is 0 Å². The summed E-state index contributed by atoms with van der Waals surface area (Å²) in [5.74, 6) is -1.05. The molecule has 0 radical (unpaired) electrons. The highest BCUT2D eigenvalue weighted by Gasteiger charge is 2.23. The Morgan fingerprint density at radius 3 is 2.70 bits per heavy atom. The van der Waals surface area contributed by atoms with Gasteiger partial charge in [-0.1, -0.05) is 19.3 Å². The van der Waals surface area contributed by atoms with Gasteiger partial charge in [-0.2, -0.15) is 0 Å². The van der Waals surface area contributed by atoms with Gasteiger partial charge in [0, 0.05) is 6.42 Å². The summed E-state index contributed by atoms with van der Waals surface area (Å²) in [6, 6.07) is 1.54. The number of rotatable bonds is 6. The molecule has 126 valence electrons. The summed E-state index contributed by atoms with van der Waals surface area (Å²) in [6.07, 6.45) is 5.09. The van der Waals surface area contributed by atoms with Crippen molar-refractivity contribution < 1.29 is 19.1 Å². The van der Waals surface area contributed by atoms with Gasteiger partial charge in [-0.05, 0) is 37.1 Å². The number of nitrogens with two attached hydrogens (primary N) is 1. The maximum Gasteiger partial charge on any atom is 0.306 e. The summed E-state index contributed by atoms with van der Waals surface area (Å²) in [6.45, 7) is 1.52. The first-order chi connectivity index (χ1) is 11.0. The molecule has 1 aliphatic rings. The molecular weight excluding hydrogens is 316 g/mol. The van der Waals surface area contributed by atoms with E-state index >= 15 is 0 Å². The SMILES string of the molecule is C[C@@H](OC(=O)CC1CCCCC1)C(=O)Nc1sccc1C(N)=O. The molecule has 0 spiro atoms. The van der Waals surface area contributed by atoms with Gasteiger partial charge in [0.25, 0.3) is 11.8 Å². The average molecular weight is 338 g/mol. The van der Waals surface area contributed by atoms with Crippen LogP contribution < -0.4 is 11.1 Å². The van der Waals surface area contributed by atoms with Crippen LogP contribution in [-0.2, 0) is 14.3 Å². The van der Waals surface area contributed by atoms with E-state index in [1.54, 1.807) is 11.4 Å². The maximum absolute atomic E-state index is 12.1. The molecule has 1 atom stereocenters. The lowest BCUT2D eigenvalue weighted by Gasteiger charge is -2.21. The molecule has 1 aromatic rings. The van der Waals surface area contributed by atoms with Gasteiger partial charge in [0.1, 0.15) is 5.00 Å². The number of esters is 1. The Morgan fingerprint density at radius 1 is 1.35 bits per heavy atom. The van der Waals surface area contributed by atoms with Crippen LogP contribution in [0.15, 0.2) is 11.4 Å². The highest BCUT2D eigenvalue weighted by Crippen LogP contribution is 2.27. The minimum absolute atomic E-state index is 0.254. The molecule has 23 heavy (non-hydrogen) atoms. The average Bonchev–Trinajstić information content (AvgIpc) is 2.96. The van der Waals surface area contributed by atoms with Crippen LogP contribution in [0.3, 0.4) is 0 Å². The molecular formula is C16H22N2O4S. The normalized spacial score (nSPS) is 16.6. The first-order valence-corrected chi connectivity index (χ1v) is 8.73. The minimum Gasteiger partial charge on any atom is -0.453 e. The van der Waals surface area contributed by atoms with Crippen molar-refractivity contribution in [3.05, 3.63) is 17.0 Å². The van der Waals surface area contributed by atoms with Crippen molar-refractivity contribution in [1.82, 2.24) is 0 Å².